The third-order valence-electron chi connectivity index (χ3n) is 4.30. The highest BCUT2D eigenvalue weighted by molar-refractivity contribution is 7.90. The second-order valence-electron chi connectivity index (χ2n) is 8.06. The van der Waals surface area contributed by atoms with E-state index in [1.807, 2.05) is 44.2 Å². The maximum atomic E-state index is 12.6. The molecule has 0 fully saturated rings. The lowest BCUT2D eigenvalue weighted by Gasteiger charge is -2.28. The van der Waals surface area contributed by atoms with Crippen molar-refractivity contribution in [3.63, 3.8) is 0 Å². The molecule has 0 aliphatic heterocycles. The fourth-order valence-electron chi connectivity index (χ4n) is 2.48. The van der Waals surface area contributed by atoms with Gasteiger partial charge < -0.3 is 4.74 Å². The predicted octanol–water partition coefficient (Wildman–Crippen LogP) is 4.27. The maximum Gasteiger partial charge on any atom is 0.313 e. The van der Waals surface area contributed by atoms with Gasteiger partial charge in [0, 0.05) is 5.03 Å². The van der Waals surface area contributed by atoms with E-state index in [4.69, 9.17) is 16.3 Å². The first-order chi connectivity index (χ1) is 12.9. The van der Waals surface area contributed by atoms with Gasteiger partial charge >= 0.3 is 5.97 Å². The summed E-state index contributed by atoms with van der Waals surface area (Å²) >= 11 is 6.53. The second-order valence-corrected chi connectivity index (χ2v) is 11.0. The lowest BCUT2D eigenvalue weighted by molar-refractivity contribution is -0.146. The summed E-state index contributed by atoms with van der Waals surface area (Å²) in [5.74, 6) is -1.08. The standard InChI is InChI=1S/C21H32ClNO4S/c1-7-27-20(24)17(13-16-11-9-8-10-12-16)14-18(22)19(15(2)3)23-28(25,26)21(4,5)6/h8-12,14-15,17,19,23H,7,13H2,1-6H3/b18-14+/t17-,19+/m1/s1. The molecular formula is C21H32ClNO4S. The first-order valence-electron chi connectivity index (χ1n) is 9.48. The molecule has 7 heteroatoms. The fraction of sp³-hybridized carbons (Fsp3) is 0.571. The molecule has 0 amide bonds. The Morgan fingerprint density at radius 1 is 1.21 bits per heavy atom. The second kappa shape index (κ2) is 10.4. The van der Waals surface area contributed by atoms with Crippen LogP contribution in [0.4, 0.5) is 0 Å². The van der Waals surface area contributed by atoms with Crippen molar-refractivity contribution in [1.82, 2.24) is 4.72 Å². The molecule has 0 spiro atoms. The summed E-state index contributed by atoms with van der Waals surface area (Å²) in [6, 6.07) is 8.93. The van der Waals surface area contributed by atoms with Gasteiger partial charge in [-0.15, -0.1) is 0 Å². The van der Waals surface area contributed by atoms with Crippen LogP contribution in [0.3, 0.4) is 0 Å². The number of carbonyl (C=O) groups is 1. The quantitative estimate of drug-likeness (QED) is 0.595. The van der Waals surface area contributed by atoms with Crippen LogP contribution in [0.2, 0.25) is 0 Å². The molecule has 1 aromatic carbocycles. The Balaban J connectivity index is 3.19. The van der Waals surface area contributed by atoms with E-state index in [2.05, 4.69) is 4.72 Å². The molecule has 0 unspecified atom stereocenters. The molecule has 5 nitrogen and oxygen atoms in total. The molecular weight excluding hydrogens is 398 g/mol. The van der Waals surface area contributed by atoms with Crippen LogP contribution >= 0.6 is 11.6 Å². The van der Waals surface area contributed by atoms with Crippen molar-refractivity contribution in [2.24, 2.45) is 11.8 Å². The zero-order valence-electron chi connectivity index (χ0n) is 17.5. The smallest absolute Gasteiger partial charge is 0.313 e. The molecule has 1 N–H and O–H groups in total. The van der Waals surface area contributed by atoms with Crippen molar-refractivity contribution < 1.29 is 17.9 Å². The van der Waals surface area contributed by atoms with Crippen LogP contribution in [0.15, 0.2) is 41.4 Å². The lowest BCUT2D eigenvalue weighted by Crippen LogP contribution is -2.47. The molecule has 1 rings (SSSR count). The number of carbonyl (C=O) groups excluding carboxylic acids is 1. The van der Waals surface area contributed by atoms with Crippen LogP contribution in [0.25, 0.3) is 0 Å². The Labute approximate surface area is 174 Å². The topological polar surface area (TPSA) is 72.5 Å². The Morgan fingerprint density at radius 2 is 1.79 bits per heavy atom. The summed E-state index contributed by atoms with van der Waals surface area (Å²) in [6.07, 6.45) is 2.04. The molecule has 0 saturated carbocycles. The monoisotopic (exact) mass is 429 g/mol. The fourth-order valence-corrected chi connectivity index (χ4v) is 4.09. The molecule has 0 radical (unpaired) electrons. The number of ether oxygens (including phenoxy) is 1. The van der Waals surface area contributed by atoms with Crippen LogP contribution in [0, 0.1) is 11.8 Å². The highest BCUT2D eigenvalue weighted by Crippen LogP contribution is 2.24. The Hall–Kier alpha value is -1.37. The molecule has 158 valence electrons. The van der Waals surface area contributed by atoms with E-state index >= 15 is 0 Å². The highest BCUT2D eigenvalue weighted by Gasteiger charge is 2.33. The van der Waals surface area contributed by atoms with Crippen LogP contribution in [0.5, 0.6) is 0 Å². The van der Waals surface area contributed by atoms with Gasteiger partial charge in [-0.25, -0.2) is 13.1 Å². The zero-order valence-corrected chi connectivity index (χ0v) is 19.1. The van der Waals surface area contributed by atoms with Crippen molar-refractivity contribution >= 4 is 27.6 Å². The number of benzene rings is 1. The summed E-state index contributed by atoms with van der Waals surface area (Å²) in [7, 11) is -3.60. The van der Waals surface area contributed by atoms with E-state index in [1.165, 1.54) is 0 Å². The van der Waals surface area contributed by atoms with Crippen molar-refractivity contribution in [3.8, 4) is 0 Å². The number of hydrogen-bond donors (Lipinski definition) is 1. The van der Waals surface area contributed by atoms with E-state index in [9.17, 15) is 13.2 Å². The van der Waals surface area contributed by atoms with E-state index in [0.717, 1.165) is 5.56 Å². The molecule has 0 heterocycles. The van der Waals surface area contributed by atoms with Gasteiger partial charge in [0.25, 0.3) is 0 Å². The third-order valence-corrected chi connectivity index (χ3v) is 6.84. The molecule has 0 aliphatic rings. The molecule has 2 atom stereocenters. The van der Waals surface area contributed by atoms with E-state index < -0.39 is 26.7 Å². The van der Waals surface area contributed by atoms with Gasteiger partial charge in [0.1, 0.15) is 0 Å². The molecule has 0 bridgehead atoms. The minimum Gasteiger partial charge on any atom is -0.466 e. The summed E-state index contributed by atoms with van der Waals surface area (Å²) in [5, 5.41) is 0.289. The SMILES string of the molecule is CCOC(=O)[C@@H](/C=C(/Cl)[C@@H](NS(=O)(=O)C(C)(C)C)C(C)C)Cc1ccccc1. The van der Waals surface area contributed by atoms with E-state index in [-0.39, 0.29) is 23.5 Å². The Kier molecular flexibility index (Phi) is 9.18. The van der Waals surface area contributed by atoms with Crippen LogP contribution in [-0.4, -0.2) is 31.8 Å². The minimum absolute atomic E-state index is 0.0968. The van der Waals surface area contributed by atoms with Crippen molar-refractivity contribution in [2.45, 2.75) is 58.8 Å². The lowest BCUT2D eigenvalue weighted by atomic mass is 9.96. The third kappa shape index (κ3) is 7.22. The number of nitrogens with one attached hydrogen (secondary N) is 1. The van der Waals surface area contributed by atoms with Crippen LogP contribution in [0.1, 0.15) is 47.1 Å². The van der Waals surface area contributed by atoms with Crippen molar-refractivity contribution in [2.75, 3.05) is 6.61 Å². The summed E-state index contributed by atoms with van der Waals surface area (Å²) in [5.41, 5.74) is 0.970. The van der Waals surface area contributed by atoms with Gasteiger partial charge in [-0.3, -0.25) is 4.79 Å². The van der Waals surface area contributed by atoms with Gasteiger partial charge in [0.15, 0.2) is 0 Å². The maximum absolute atomic E-state index is 12.6. The average Bonchev–Trinajstić information content (AvgIpc) is 2.59. The molecule has 1 aromatic rings. The van der Waals surface area contributed by atoms with E-state index in [1.54, 1.807) is 33.8 Å². The first kappa shape index (κ1) is 24.7. The van der Waals surface area contributed by atoms with Crippen LogP contribution in [-0.2, 0) is 26.0 Å². The minimum atomic E-state index is -3.60. The molecule has 0 aliphatic carbocycles. The van der Waals surface area contributed by atoms with Crippen LogP contribution < -0.4 is 4.72 Å². The van der Waals surface area contributed by atoms with Gasteiger partial charge in [-0.1, -0.05) is 61.9 Å². The summed E-state index contributed by atoms with van der Waals surface area (Å²) in [4.78, 5) is 12.5. The highest BCUT2D eigenvalue weighted by atomic mass is 35.5. The van der Waals surface area contributed by atoms with Gasteiger partial charge in [0.05, 0.1) is 23.3 Å². The number of sulfonamides is 1. The Bertz CT molecular complexity index is 767. The van der Waals surface area contributed by atoms with Crippen molar-refractivity contribution in [1.29, 1.82) is 0 Å². The summed E-state index contributed by atoms with van der Waals surface area (Å²) in [6.45, 7) is 10.6. The predicted molar refractivity (Wildman–Crippen MR) is 115 cm³/mol. The van der Waals surface area contributed by atoms with Gasteiger partial charge in [0.2, 0.25) is 10.0 Å². The number of esters is 1. The molecule has 0 aromatic heterocycles. The Morgan fingerprint density at radius 3 is 2.25 bits per heavy atom. The zero-order chi connectivity index (χ0) is 21.5. The average molecular weight is 430 g/mol. The normalized spacial score (nSPS) is 15.4. The largest absolute Gasteiger partial charge is 0.466 e. The first-order valence-corrected chi connectivity index (χ1v) is 11.3. The number of hydrogen-bond acceptors (Lipinski definition) is 4. The van der Waals surface area contributed by atoms with Gasteiger partial charge in [-0.05, 0) is 45.6 Å². The number of halogens is 1. The summed E-state index contributed by atoms with van der Waals surface area (Å²) < 4.78 is 32.1. The van der Waals surface area contributed by atoms with Gasteiger partial charge in [-0.2, -0.15) is 0 Å². The number of rotatable bonds is 9. The van der Waals surface area contributed by atoms with Crippen molar-refractivity contribution in [3.05, 3.63) is 47.0 Å². The molecule has 28 heavy (non-hydrogen) atoms. The molecule has 0 saturated heterocycles. The van der Waals surface area contributed by atoms with E-state index in [0.29, 0.717) is 6.42 Å².